The summed E-state index contributed by atoms with van der Waals surface area (Å²) < 4.78 is 24.6. The van der Waals surface area contributed by atoms with Crippen LogP contribution in [0.2, 0.25) is 0 Å². The lowest BCUT2D eigenvalue weighted by atomic mass is 10.2. The number of hydrogen-bond donors (Lipinski definition) is 1. The maximum absolute atomic E-state index is 11.9. The molecule has 0 aliphatic carbocycles. The summed E-state index contributed by atoms with van der Waals surface area (Å²) in [6, 6.07) is 5.27. The predicted octanol–water partition coefficient (Wildman–Crippen LogP) is 2.99. The van der Waals surface area contributed by atoms with E-state index < -0.39 is 9.84 Å². The molecule has 0 radical (unpaired) electrons. The lowest BCUT2D eigenvalue weighted by Gasteiger charge is -2.10. The number of nitrogens with two attached hydrogens (primary N) is 1. The van der Waals surface area contributed by atoms with E-state index in [1.54, 1.807) is 18.2 Å². The first-order valence-corrected chi connectivity index (χ1v) is 8.20. The Balaban J connectivity index is 2.80. The molecule has 5 heteroatoms. The molecule has 0 heterocycles. The maximum Gasteiger partial charge on any atom is 0.154 e. The number of halogens is 1. The third-order valence-corrected chi connectivity index (χ3v) is 5.25. The Morgan fingerprint density at radius 2 is 2.06 bits per heavy atom. The number of sulfone groups is 1. The van der Waals surface area contributed by atoms with Gasteiger partial charge < -0.3 is 5.73 Å². The topological polar surface area (TPSA) is 60.2 Å². The van der Waals surface area contributed by atoms with Crippen LogP contribution in [0.1, 0.15) is 25.8 Å². The molecule has 0 aromatic heterocycles. The minimum Gasteiger partial charge on any atom is -0.398 e. The number of benzene rings is 1. The second-order valence-electron chi connectivity index (χ2n) is 4.42. The summed E-state index contributed by atoms with van der Waals surface area (Å²) in [7, 11) is -3.05. The molecule has 0 saturated heterocycles. The summed E-state index contributed by atoms with van der Waals surface area (Å²) in [5, 5.41) is 0. The number of anilines is 1. The van der Waals surface area contributed by atoms with Crippen LogP contribution in [0.15, 0.2) is 22.7 Å². The van der Waals surface area contributed by atoms with Gasteiger partial charge >= 0.3 is 0 Å². The second kappa shape index (κ2) is 5.87. The normalized spacial score (nSPS) is 13.6. The van der Waals surface area contributed by atoms with Crippen molar-refractivity contribution in [2.45, 2.75) is 26.0 Å². The van der Waals surface area contributed by atoms with E-state index in [0.29, 0.717) is 5.69 Å². The second-order valence-corrected chi connectivity index (χ2v) is 7.39. The van der Waals surface area contributed by atoms with Gasteiger partial charge in [-0.1, -0.05) is 26.3 Å². The quantitative estimate of drug-likeness (QED) is 0.849. The van der Waals surface area contributed by atoms with Crippen LogP contribution >= 0.6 is 15.9 Å². The summed E-state index contributed by atoms with van der Waals surface area (Å²) in [6.07, 6.45) is 0.877. The van der Waals surface area contributed by atoms with Crippen LogP contribution in [0, 0.1) is 5.92 Å². The van der Waals surface area contributed by atoms with Crippen molar-refractivity contribution in [2.75, 3.05) is 11.5 Å². The molecule has 17 heavy (non-hydrogen) atoms. The minimum absolute atomic E-state index is 0.0643. The van der Waals surface area contributed by atoms with Crippen molar-refractivity contribution >= 4 is 31.5 Å². The Hall–Kier alpha value is -0.550. The first-order valence-electron chi connectivity index (χ1n) is 5.58. The van der Waals surface area contributed by atoms with Gasteiger partial charge in [0.25, 0.3) is 0 Å². The van der Waals surface area contributed by atoms with Crippen LogP contribution in [0.5, 0.6) is 0 Å². The van der Waals surface area contributed by atoms with E-state index in [1.165, 1.54) is 0 Å². The summed E-state index contributed by atoms with van der Waals surface area (Å²) in [5.41, 5.74) is 7.04. The number of hydrogen-bond acceptors (Lipinski definition) is 3. The highest BCUT2D eigenvalue weighted by atomic mass is 79.9. The van der Waals surface area contributed by atoms with E-state index >= 15 is 0 Å². The Labute approximate surface area is 111 Å². The summed E-state index contributed by atoms with van der Waals surface area (Å²) in [4.78, 5) is 0. The molecule has 1 unspecified atom stereocenters. The molecule has 0 bridgehead atoms. The van der Waals surface area contributed by atoms with E-state index in [2.05, 4.69) is 15.9 Å². The number of rotatable bonds is 5. The van der Waals surface area contributed by atoms with Gasteiger partial charge in [0.15, 0.2) is 9.84 Å². The first kappa shape index (κ1) is 14.5. The van der Waals surface area contributed by atoms with Gasteiger partial charge in [-0.2, -0.15) is 0 Å². The van der Waals surface area contributed by atoms with E-state index in [-0.39, 0.29) is 17.4 Å². The fourth-order valence-electron chi connectivity index (χ4n) is 1.55. The fraction of sp³-hybridized carbons (Fsp3) is 0.500. The van der Waals surface area contributed by atoms with Crippen molar-refractivity contribution < 1.29 is 8.42 Å². The average Bonchev–Trinajstić information content (AvgIpc) is 2.22. The first-order chi connectivity index (χ1) is 7.84. The molecule has 1 aromatic rings. The highest BCUT2D eigenvalue weighted by Gasteiger charge is 2.16. The van der Waals surface area contributed by atoms with Crippen LogP contribution in [0.4, 0.5) is 5.69 Å². The average molecular weight is 320 g/mol. The Kier molecular flexibility index (Phi) is 5.01. The zero-order valence-electron chi connectivity index (χ0n) is 10.1. The largest absolute Gasteiger partial charge is 0.398 e. The van der Waals surface area contributed by atoms with Crippen LogP contribution < -0.4 is 5.73 Å². The van der Waals surface area contributed by atoms with Gasteiger partial charge in [0.05, 0.1) is 11.5 Å². The zero-order valence-corrected chi connectivity index (χ0v) is 12.5. The minimum atomic E-state index is -3.05. The van der Waals surface area contributed by atoms with Crippen molar-refractivity contribution in [3.05, 3.63) is 28.2 Å². The molecule has 1 aromatic carbocycles. The summed E-state index contributed by atoms with van der Waals surface area (Å²) >= 11 is 3.29. The van der Waals surface area contributed by atoms with Gasteiger partial charge in [0, 0.05) is 10.2 Å². The van der Waals surface area contributed by atoms with Crippen LogP contribution in [-0.2, 0) is 15.6 Å². The van der Waals surface area contributed by atoms with Gasteiger partial charge in [-0.15, -0.1) is 0 Å². The molecule has 0 amide bonds. The summed E-state index contributed by atoms with van der Waals surface area (Å²) in [5.74, 6) is 0.502. The Morgan fingerprint density at radius 1 is 1.41 bits per heavy atom. The van der Waals surface area contributed by atoms with Crippen molar-refractivity contribution in [3.63, 3.8) is 0 Å². The SMILES string of the molecule is CCC(C)CS(=O)(=O)Cc1ccc(Br)c(N)c1. The molecule has 96 valence electrons. The molecule has 0 aliphatic heterocycles. The van der Waals surface area contributed by atoms with Crippen LogP contribution in [-0.4, -0.2) is 14.2 Å². The van der Waals surface area contributed by atoms with Crippen LogP contribution in [0.3, 0.4) is 0 Å². The predicted molar refractivity (Wildman–Crippen MR) is 75.5 cm³/mol. The van der Waals surface area contributed by atoms with Crippen molar-refractivity contribution in [1.82, 2.24) is 0 Å². The zero-order chi connectivity index (χ0) is 13.1. The third kappa shape index (κ3) is 4.68. The highest BCUT2D eigenvalue weighted by molar-refractivity contribution is 9.10. The van der Waals surface area contributed by atoms with Gasteiger partial charge in [-0.05, 0) is 39.5 Å². The van der Waals surface area contributed by atoms with Gasteiger partial charge in [0.2, 0.25) is 0 Å². The third-order valence-electron chi connectivity index (χ3n) is 2.68. The molecule has 0 saturated carbocycles. The van der Waals surface area contributed by atoms with E-state index in [0.717, 1.165) is 16.5 Å². The standard InChI is InChI=1S/C12H18BrNO2S/c1-3-9(2)7-17(15,16)8-10-4-5-11(13)12(14)6-10/h4-6,9H,3,7-8,14H2,1-2H3. The molecule has 0 spiro atoms. The molecule has 2 N–H and O–H groups in total. The highest BCUT2D eigenvalue weighted by Crippen LogP contribution is 2.22. The monoisotopic (exact) mass is 319 g/mol. The molecular weight excluding hydrogens is 302 g/mol. The molecule has 3 nitrogen and oxygen atoms in total. The van der Waals surface area contributed by atoms with Crippen molar-refractivity contribution in [1.29, 1.82) is 0 Å². The van der Waals surface area contributed by atoms with E-state index in [1.807, 2.05) is 13.8 Å². The molecular formula is C12H18BrNO2S. The molecule has 0 fully saturated rings. The van der Waals surface area contributed by atoms with Gasteiger partial charge in [-0.25, -0.2) is 8.42 Å². The van der Waals surface area contributed by atoms with Gasteiger partial charge in [0.1, 0.15) is 0 Å². The summed E-state index contributed by atoms with van der Waals surface area (Å²) in [6.45, 7) is 3.95. The number of nitrogen functional groups attached to an aromatic ring is 1. The van der Waals surface area contributed by atoms with Crippen molar-refractivity contribution in [3.8, 4) is 0 Å². The molecule has 0 aliphatic rings. The van der Waals surface area contributed by atoms with Crippen molar-refractivity contribution in [2.24, 2.45) is 5.92 Å². The maximum atomic E-state index is 11.9. The smallest absolute Gasteiger partial charge is 0.154 e. The fourth-order valence-corrected chi connectivity index (χ4v) is 3.70. The Morgan fingerprint density at radius 3 is 2.59 bits per heavy atom. The lowest BCUT2D eigenvalue weighted by molar-refractivity contribution is 0.563. The van der Waals surface area contributed by atoms with Gasteiger partial charge in [-0.3, -0.25) is 0 Å². The molecule has 1 rings (SSSR count). The van der Waals surface area contributed by atoms with Crippen LogP contribution in [0.25, 0.3) is 0 Å². The lowest BCUT2D eigenvalue weighted by Crippen LogP contribution is -2.15. The van der Waals surface area contributed by atoms with E-state index in [4.69, 9.17) is 5.73 Å². The molecule has 1 atom stereocenters. The van der Waals surface area contributed by atoms with E-state index in [9.17, 15) is 8.42 Å². The Bertz CT molecular complexity index is 485.